The second-order valence-corrected chi connectivity index (χ2v) is 4.94. The number of aryl methyl sites for hydroxylation is 3. The quantitative estimate of drug-likeness (QED) is 0.836. The fourth-order valence-electron chi connectivity index (χ4n) is 2.30. The Labute approximate surface area is 118 Å². The molecule has 2 rings (SSSR count). The molecule has 0 heterocycles. The topological polar surface area (TPSA) is 33.0 Å². The van der Waals surface area contributed by atoms with Gasteiger partial charge >= 0.3 is 0 Å². The molecule has 3 heteroatoms. The Bertz CT molecular complexity index is 663. The lowest BCUT2D eigenvalue weighted by Gasteiger charge is -2.13. The van der Waals surface area contributed by atoms with E-state index < -0.39 is 5.82 Å². The van der Waals surface area contributed by atoms with Crippen molar-refractivity contribution in [1.82, 2.24) is 0 Å². The first kappa shape index (κ1) is 14.1. The molecule has 2 nitrogen and oxygen atoms in total. The highest BCUT2D eigenvalue weighted by Crippen LogP contribution is 2.25. The van der Waals surface area contributed by atoms with E-state index in [1.165, 1.54) is 17.7 Å². The maximum Gasteiger partial charge on any atom is 0.140 e. The molecule has 0 aliphatic heterocycles. The van der Waals surface area contributed by atoms with Crippen molar-refractivity contribution in [2.45, 2.75) is 27.4 Å². The van der Waals surface area contributed by atoms with Crippen molar-refractivity contribution in [1.29, 1.82) is 5.26 Å². The molecule has 0 unspecified atom stereocenters. The van der Waals surface area contributed by atoms with Crippen LogP contribution in [-0.2, 0) is 6.61 Å². The van der Waals surface area contributed by atoms with E-state index in [1.54, 1.807) is 6.07 Å². The summed E-state index contributed by atoms with van der Waals surface area (Å²) in [5.74, 6) is 0.345. The number of nitrogens with zero attached hydrogens (tertiary/aromatic N) is 1. The lowest BCUT2D eigenvalue weighted by molar-refractivity contribution is 0.301. The summed E-state index contributed by atoms with van der Waals surface area (Å²) < 4.78 is 19.1. The smallest absolute Gasteiger partial charge is 0.140 e. The van der Waals surface area contributed by atoms with E-state index in [-0.39, 0.29) is 5.56 Å². The number of ether oxygens (including phenoxy) is 1. The van der Waals surface area contributed by atoms with Crippen LogP contribution in [0.2, 0.25) is 0 Å². The highest BCUT2D eigenvalue weighted by molar-refractivity contribution is 5.43. The van der Waals surface area contributed by atoms with Crippen molar-refractivity contribution in [2.24, 2.45) is 0 Å². The van der Waals surface area contributed by atoms with Crippen molar-refractivity contribution in [2.75, 3.05) is 0 Å². The average molecular weight is 269 g/mol. The molecule has 0 atom stereocenters. The minimum Gasteiger partial charge on any atom is -0.488 e. The zero-order valence-electron chi connectivity index (χ0n) is 11.8. The van der Waals surface area contributed by atoms with Crippen LogP contribution in [0.4, 0.5) is 4.39 Å². The summed E-state index contributed by atoms with van der Waals surface area (Å²) in [6, 6.07) is 10.4. The average Bonchev–Trinajstić information content (AvgIpc) is 2.39. The van der Waals surface area contributed by atoms with E-state index in [9.17, 15) is 4.39 Å². The molecule has 0 N–H and O–H groups in total. The molecular formula is C17H16FNO. The van der Waals surface area contributed by atoms with Crippen molar-refractivity contribution < 1.29 is 9.13 Å². The van der Waals surface area contributed by atoms with Gasteiger partial charge in [-0.15, -0.1) is 0 Å². The molecule has 2 aromatic carbocycles. The molecule has 0 fully saturated rings. The van der Waals surface area contributed by atoms with Gasteiger partial charge in [0.15, 0.2) is 0 Å². The predicted molar refractivity (Wildman–Crippen MR) is 76.1 cm³/mol. The first-order valence-corrected chi connectivity index (χ1v) is 6.40. The van der Waals surface area contributed by atoms with Crippen LogP contribution in [0.1, 0.15) is 27.8 Å². The Kier molecular flexibility index (Phi) is 4.05. The molecule has 0 spiro atoms. The number of rotatable bonds is 3. The summed E-state index contributed by atoms with van der Waals surface area (Å²) in [4.78, 5) is 0. The lowest BCUT2D eigenvalue weighted by atomic mass is 10.1. The highest BCUT2D eigenvalue weighted by Gasteiger charge is 2.07. The lowest BCUT2D eigenvalue weighted by Crippen LogP contribution is -2.00. The normalized spacial score (nSPS) is 10.2. The summed E-state index contributed by atoms with van der Waals surface area (Å²) in [7, 11) is 0. The van der Waals surface area contributed by atoms with Crippen LogP contribution in [0.3, 0.4) is 0 Å². The molecule has 0 aromatic heterocycles. The van der Waals surface area contributed by atoms with Gasteiger partial charge in [-0.1, -0.05) is 23.8 Å². The third-order valence-corrected chi connectivity index (χ3v) is 3.14. The molecular weight excluding hydrogens is 253 g/mol. The van der Waals surface area contributed by atoms with Gasteiger partial charge in [-0.3, -0.25) is 0 Å². The summed E-state index contributed by atoms with van der Waals surface area (Å²) >= 11 is 0. The van der Waals surface area contributed by atoms with Crippen LogP contribution in [0.5, 0.6) is 5.75 Å². The van der Waals surface area contributed by atoms with Crippen molar-refractivity contribution in [3.8, 4) is 11.8 Å². The highest BCUT2D eigenvalue weighted by atomic mass is 19.1. The van der Waals surface area contributed by atoms with Gasteiger partial charge in [0.2, 0.25) is 0 Å². The molecule has 0 saturated heterocycles. The van der Waals surface area contributed by atoms with Crippen molar-refractivity contribution in [3.63, 3.8) is 0 Å². The Balaban J connectivity index is 2.20. The number of halogens is 1. The minimum atomic E-state index is -0.501. The van der Waals surface area contributed by atoms with E-state index in [0.29, 0.717) is 6.61 Å². The molecule has 0 amide bonds. The number of hydrogen-bond acceptors (Lipinski definition) is 2. The summed E-state index contributed by atoms with van der Waals surface area (Å²) in [5.41, 5.74) is 4.17. The standard InChI is InChI=1S/C17H16FNO/c1-11-6-12(2)17(13(3)7-11)20-10-14-4-5-16(18)15(8-14)9-19/h4-8H,10H2,1-3H3. The monoisotopic (exact) mass is 269 g/mol. The van der Waals surface area contributed by atoms with Crippen molar-refractivity contribution >= 4 is 0 Å². The second kappa shape index (κ2) is 5.75. The van der Waals surface area contributed by atoms with Crippen LogP contribution >= 0.6 is 0 Å². The molecule has 2 aromatic rings. The van der Waals surface area contributed by atoms with Gasteiger partial charge in [-0.25, -0.2) is 4.39 Å². The van der Waals surface area contributed by atoms with Gasteiger partial charge in [0.05, 0.1) is 5.56 Å². The largest absolute Gasteiger partial charge is 0.488 e. The second-order valence-electron chi connectivity index (χ2n) is 4.94. The molecule has 0 radical (unpaired) electrons. The van der Waals surface area contributed by atoms with Gasteiger partial charge in [0, 0.05) is 0 Å². The van der Waals surface area contributed by atoms with Crippen molar-refractivity contribution in [3.05, 3.63) is 64.0 Å². The summed E-state index contributed by atoms with van der Waals surface area (Å²) in [5, 5.41) is 8.82. The third kappa shape index (κ3) is 2.97. The Morgan fingerprint density at radius 3 is 2.35 bits per heavy atom. The van der Waals surface area contributed by atoms with Gasteiger partial charge in [-0.2, -0.15) is 5.26 Å². The van der Waals surface area contributed by atoms with Crippen LogP contribution in [0.15, 0.2) is 30.3 Å². The van der Waals surface area contributed by atoms with Crippen LogP contribution < -0.4 is 4.74 Å². The van der Waals surface area contributed by atoms with Gasteiger partial charge in [-0.05, 0) is 49.6 Å². The predicted octanol–water partition coefficient (Wildman–Crippen LogP) is 4.20. The summed E-state index contributed by atoms with van der Waals surface area (Å²) in [6.45, 7) is 6.37. The molecule has 0 aliphatic rings. The van der Waals surface area contributed by atoms with Gasteiger partial charge in [0.1, 0.15) is 24.2 Å². The van der Waals surface area contributed by atoms with Crippen LogP contribution in [-0.4, -0.2) is 0 Å². The van der Waals surface area contributed by atoms with E-state index >= 15 is 0 Å². The fraction of sp³-hybridized carbons (Fsp3) is 0.235. The molecule has 20 heavy (non-hydrogen) atoms. The van der Waals surface area contributed by atoms with E-state index in [4.69, 9.17) is 10.00 Å². The number of benzene rings is 2. The summed E-state index contributed by atoms with van der Waals surface area (Å²) in [6.07, 6.45) is 0. The molecule has 0 aliphatic carbocycles. The number of hydrogen-bond donors (Lipinski definition) is 0. The SMILES string of the molecule is Cc1cc(C)c(OCc2ccc(F)c(C#N)c2)c(C)c1. The van der Waals surface area contributed by atoms with E-state index in [1.807, 2.05) is 26.8 Å². The Hall–Kier alpha value is -2.34. The van der Waals surface area contributed by atoms with E-state index in [0.717, 1.165) is 22.4 Å². The van der Waals surface area contributed by atoms with Gasteiger partial charge < -0.3 is 4.74 Å². The Morgan fingerprint density at radius 1 is 1.10 bits per heavy atom. The molecule has 0 saturated carbocycles. The zero-order valence-corrected chi connectivity index (χ0v) is 11.8. The van der Waals surface area contributed by atoms with E-state index in [2.05, 4.69) is 12.1 Å². The van der Waals surface area contributed by atoms with Crippen LogP contribution in [0, 0.1) is 37.9 Å². The minimum absolute atomic E-state index is 0.0449. The van der Waals surface area contributed by atoms with Crippen LogP contribution in [0.25, 0.3) is 0 Å². The third-order valence-electron chi connectivity index (χ3n) is 3.14. The zero-order chi connectivity index (χ0) is 14.7. The maximum atomic E-state index is 13.2. The number of nitriles is 1. The molecule has 102 valence electrons. The fourth-order valence-corrected chi connectivity index (χ4v) is 2.30. The first-order valence-electron chi connectivity index (χ1n) is 6.40. The first-order chi connectivity index (χ1) is 9.51. The Morgan fingerprint density at radius 2 is 1.75 bits per heavy atom. The van der Waals surface area contributed by atoms with Gasteiger partial charge in [0.25, 0.3) is 0 Å². The maximum absolute atomic E-state index is 13.2. The molecule has 0 bridgehead atoms.